The van der Waals surface area contributed by atoms with Crippen LogP contribution in [0.1, 0.15) is 0 Å². The summed E-state index contributed by atoms with van der Waals surface area (Å²) >= 11 is 0. The quantitative estimate of drug-likeness (QED) is 0.326. The summed E-state index contributed by atoms with van der Waals surface area (Å²) in [7, 11) is 5.35. The van der Waals surface area contributed by atoms with Crippen molar-refractivity contribution in [1.82, 2.24) is 4.90 Å². The van der Waals surface area contributed by atoms with E-state index < -0.39 is 0 Å². The maximum absolute atomic E-state index is 4.90. The molecule has 0 amide bonds. The van der Waals surface area contributed by atoms with Gasteiger partial charge >= 0.3 is 0 Å². The average Bonchev–Trinajstić information content (AvgIpc) is 1.35. The van der Waals surface area contributed by atoms with E-state index in [0.717, 1.165) is 0 Å². The molecule has 0 saturated heterocycles. The minimum absolute atomic E-state index is 0.625. The van der Waals surface area contributed by atoms with Gasteiger partial charge in [-0.2, -0.15) is 0 Å². The number of terminal acetylenes is 1. The van der Waals surface area contributed by atoms with Gasteiger partial charge in [0.25, 0.3) is 0 Å². The molecule has 0 unspecified atom stereocenters. The Balaban J connectivity index is 2.88. The van der Waals surface area contributed by atoms with Crippen LogP contribution in [0.15, 0.2) is 0 Å². The van der Waals surface area contributed by atoms with Gasteiger partial charge in [-0.25, -0.2) is 0 Å². The Bertz CT molecular complexity index is 58.8. The molecule has 0 aliphatic heterocycles. The summed E-state index contributed by atoms with van der Waals surface area (Å²) in [6, 6.07) is 0. The van der Waals surface area contributed by atoms with Crippen molar-refractivity contribution in [3.05, 3.63) is 7.05 Å². The van der Waals surface area contributed by atoms with Crippen molar-refractivity contribution in [2.45, 2.75) is 0 Å². The lowest BCUT2D eigenvalue weighted by atomic mass is 10.6. The molecule has 6 heavy (non-hydrogen) atoms. The SMILES string of the molecule is C#CCN([CH2-])C. The second-order valence-electron chi connectivity index (χ2n) is 1.22. The molecule has 0 spiro atoms. The molecule has 1 nitrogen and oxygen atoms in total. The van der Waals surface area contributed by atoms with Crippen LogP contribution in [0.4, 0.5) is 0 Å². The zero-order valence-corrected chi connectivity index (χ0v) is 3.94. The predicted molar refractivity (Wildman–Crippen MR) is 26.8 cm³/mol. The maximum atomic E-state index is 4.90. The number of hydrogen-bond acceptors (Lipinski definition) is 1. The summed E-state index contributed by atoms with van der Waals surface area (Å²) in [6.07, 6.45) is 4.90. The first-order valence-corrected chi connectivity index (χ1v) is 1.72. The summed E-state index contributed by atoms with van der Waals surface area (Å²) in [5.74, 6) is 2.43. The molecule has 0 aliphatic rings. The Kier molecular flexibility index (Phi) is 2.52. The molecule has 34 valence electrons. The van der Waals surface area contributed by atoms with Gasteiger partial charge in [0.2, 0.25) is 0 Å². The van der Waals surface area contributed by atoms with E-state index in [4.69, 9.17) is 6.42 Å². The summed E-state index contributed by atoms with van der Waals surface area (Å²) in [5, 5.41) is 0. The van der Waals surface area contributed by atoms with E-state index in [-0.39, 0.29) is 0 Å². The highest BCUT2D eigenvalue weighted by Gasteiger charge is 1.66. The average molecular weight is 82.1 g/mol. The van der Waals surface area contributed by atoms with Crippen LogP contribution >= 0.6 is 0 Å². The lowest BCUT2D eigenvalue weighted by molar-refractivity contribution is 0.512. The van der Waals surface area contributed by atoms with Crippen molar-refractivity contribution in [3.63, 3.8) is 0 Å². The number of nitrogens with zero attached hydrogens (tertiary/aromatic N) is 1. The molecule has 0 aliphatic carbocycles. The summed E-state index contributed by atoms with van der Waals surface area (Å²) in [4.78, 5) is 1.69. The second-order valence-corrected chi connectivity index (χ2v) is 1.22. The highest BCUT2D eigenvalue weighted by Crippen LogP contribution is 1.68. The topological polar surface area (TPSA) is 3.24 Å². The maximum Gasteiger partial charge on any atom is 0.0325 e. The Labute approximate surface area is 39.0 Å². The second kappa shape index (κ2) is 2.74. The third-order valence-electron chi connectivity index (χ3n) is 0.361. The number of hydrogen-bond donors (Lipinski definition) is 0. The van der Waals surface area contributed by atoms with Gasteiger partial charge in [-0.3, -0.25) is 7.05 Å². The first-order valence-electron chi connectivity index (χ1n) is 1.72. The zero-order valence-electron chi connectivity index (χ0n) is 3.94. The predicted octanol–water partition coefficient (Wildman–Crippen LogP) is 0.343. The Morgan fingerprint density at radius 2 is 2.50 bits per heavy atom. The minimum atomic E-state index is 0.625. The van der Waals surface area contributed by atoms with Crippen LogP contribution in [-0.2, 0) is 0 Å². The van der Waals surface area contributed by atoms with Crippen LogP contribution in [0, 0.1) is 19.4 Å². The molecule has 0 aromatic heterocycles. The highest BCUT2D eigenvalue weighted by atomic mass is 15.0. The van der Waals surface area contributed by atoms with E-state index in [1.165, 1.54) is 0 Å². The van der Waals surface area contributed by atoms with Gasteiger partial charge in [0.15, 0.2) is 0 Å². The highest BCUT2D eigenvalue weighted by molar-refractivity contribution is 4.86. The van der Waals surface area contributed by atoms with Gasteiger partial charge in [-0.05, 0) is 7.05 Å². The fraction of sp³-hybridized carbons (Fsp3) is 0.400. The smallest absolute Gasteiger partial charge is 0.0325 e. The van der Waals surface area contributed by atoms with E-state index in [9.17, 15) is 0 Å². The largest absolute Gasteiger partial charge is 0.452 e. The first kappa shape index (κ1) is 5.52. The van der Waals surface area contributed by atoms with Crippen LogP contribution in [0.2, 0.25) is 0 Å². The van der Waals surface area contributed by atoms with Crippen molar-refractivity contribution in [2.24, 2.45) is 0 Å². The van der Waals surface area contributed by atoms with E-state index in [0.29, 0.717) is 6.54 Å². The third kappa shape index (κ3) is 3.52. The van der Waals surface area contributed by atoms with Crippen molar-refractivity contribution in [3.8, 4) is 12.3 Å². The van der Waals surface area contributed by atoms with Crippen molar-refractivity contribution in [1.29, 1.82) is 0 Å². The van der Waals surface area contributed by atoms with Gasteiger partial charge in [-0.1, -0.05) is 5.92 Å². The lowest BCUT2D eigenvalue weighted by Crippen LogP contribution is -2.07. The molecule has 0 aromatic rings. The van der Waals surface area contributed by atoms with E-state index >= 15 is 0 Å². The summed E-state index contributed by atoms with van der Waals surface area (Å²) < 4.78 is 0. The summed E-state index contributed by atoms with van der Waals surface area (Å²) in [5.41, 5.74) is 0. The molecule has 0 rings (SSSR count). The molecular weight excluding hydrogens is 74.1 g/mol. The molecule has 1 heteroatoms. The Hall–Kier alpha value is -0.480. The molecule has 0 bridgehead atoms. The monoisotopic (exact) mass is 82.1 g/mol. The van der Waals surface area contributed by atoms with Crippen LogP contribution in [0.3, 0.4) is 0 Å². The number of rotatable bonds is 1. The van der Waals surface area contributed by atoms with Gasteiger partial charge in [0.1, 0.15) is 0 Å². The van der Waals surface area contributed by atoms with Gasteiger partial charge < -0.3 is 4.90 Å². The Morgan fingerprint density at radius 1 is 2.00 bits per heavy atom. The first-order chi connectivity index (χ1) is 2.77. The zero-order chi connectivity index (χ0) is 4.99. The van der Waals surface area contributed by atoms with Gasteiger partial charge in [0, 0.05) is 6.54 Å². The normalized spacial score (nSPS) is 8.33. The molecule has 0 fully saturated rings. The van der Waals surface area contributed by atoms with E-state index in [2.05, 4.69) is 13.0 Å². The van der Waals surface area contributed by atoms with E-state index in [1.54, 1.807) is 4.90 Å². The molecule has 0 N–H and O–H groups in total. The molecule has 0 heterocycles. The van der Waals surface area contributed by atoms with Crippen LogP contribution < -0.4 is 0 Å². The van der Waals surface area contributed by atoms with Crippen LogP contribution in [0.5, 0.6) is 0 Å². The van der Waals surface area contributed by atoms with Crippen LogP contribution in [-0.4, -0.2) is 18.5 Å². The summed E-state index contributed by atoms with van der Waals surface area (Å²) in [6.45, 7) is 0.625. The van der Waals surface area contributed by atoms with Crippen molar-refractivity contribution in [2.75, 3.05) is 13.6 Å². The third-order valence-corrected chi connectivity index (χ3v) is 0.361. The van der Waals surface area contributed by atoms with Gasteiger partial charge in [-0.15, -0.1) is 6.42 Å². The van der Waals surface area contributed by atoms with E-state index in [1.807, 2.05) is 7.05 Å². The molecular formula is C5H8N-. The molecule has 0 aromatic carbocycles. The van der Waals surface area contributed by atoms with Gasteiger partial charge in [0.05, 0.1) is 0 Å². The standard InChI is InChI=1S/C5H8N/c1-4-5-6(2)3/h1H,2,5H2,3H3/q-1. The fourth-order valence-corrected chi connectivity index (χ4v) is 0.156. The minimum Gasteiger partial charge on any atom is -0.452 e. The Morgan fingerprint density at radius 3 is 2.50 bits per heavy atom. The molecule has 0 radical (unpaired) electrons. The van der Waals surface area contributed by atoms with Crippen LogP contribution in [0.25, 0.3) is 0 Å². The molecule has 0 atom stereocenters. The molecule has 0 saturated carbocycles. The van der Waals surface area contributed by atoms with Crippen molar-refractivity contribution < 1.29 is 0 Å². The fourth-order valence-electron chi connectivity index (χ4n) is 0.156. The van der Waals surface area contributed by atoms with Crippen molar-refractivity contribution >= 4 is 0 Å². The lowest BCUT2D eigenvalue weighted by Gasteiger charge is -2.11.